The molecule has 0 spiro atoms. The number of fused-ring (bicyclic) bond motifs is 1. The summed E-state index contributed by atoms with van der Waals surface area (Å²) in [7, 11) is 3.40. The molecule has 2 N–H and O–H groups in total. The minimum atomic E-state index is -0.471. The van der Waals surface area contributed by atoms with Crippen LogP contribution in [0.15, 0.2) is 72.8 Å². The quantitative estimate of drug-likeness (QED) is 0.395. The minimum absolute atomic E-state index is 0.0173. The van der Waals surface area contributed by atoms with Gasteiger partial charge in [-0.05, 0) is 55.9 Å². The third-order valence-electron chi connectivity index (χ3n) is 7.15. The number of nitrogens with zero attached hydrogens (tertiary/aromatic N) is 2. The second kappa shape index (κ2) is 10.5. The van der Waals surface area contributed by atoms with Crippen molar-refractivity contribution in [2.75, 3.05) is 44.4 Å². The predicted molar refractivity (Wildman–Crippen MR) is 148 cm³/mol. The van der Waals surface area contributed by atoms with Crippen LogP contribution < -0.4 is 10.6 Å². The third kappa shape index (κ3) is 4.90. The molecular formula is C30H30N4O4. The number of nitrogens with one attached hydrogen (secondary N) is 2. The lowest BCUT2D eigenvalue weighted by atomic mass is 9.99. The number of amides is 2. The van der Waals surface area contributed by atoms with E-state index in [0.29, 0.717) is 52.8 Å². The fourth-order valence-corrected chi connectivity index (χ4v) is 4.81. The van der Waals surface area contributed by atoms with Crippen molar-refractivity contribution in [1.29, 1.82) is 0 Å². The molecule has 194 valence electrons. The number of piperazine rings is 1. The Hall–Kier alpha value is -4.43. The Morgan fingerprint density at radius 3 is 2.34 bits per heavy atom. The zero-order chi connectivity index (χ0) is 26.8. The molecule has 1 saturated heterocycles. The lowest BCUT2D eigenvalue weighted by Gasteiger charge is -2.37. The van der Waals surface area contributed by atoms with Gasteiger partial charge in [-0.15, -0.1) is 0 Å². The molecule has 2 amide bonds. The molecule has 0 aromatic heterocycles. The van der Waals surface area contributed by atoms with Crippen molar-refractivity contribution >= 4 is 40.4 Å². The van der Waals surface area contributed by atoms with Crippen LogP contribution in [0.25, 0.3) is 11.3 Å². The number of carbonyl (C=O) groups is 3. The van der Waals surface area contributed by atoms with Gasteiger partial charge in [0.2, 0.25) is 0 Å². The fourth-order valence-electron chi connectivity index (χ4n) is 4.81. The SMILES string of the molecule is COC(=O)c1ccc2c(c1)NC(=O)/C2=C(\Nc1ccc(C(=O)N2CCN(C)C(C)C2)cc1)c1ccccc1. The van der Waals surface area contributed by atoms with Crippen molar-refractivity contribution in [2.45, 2.75) is 13.0 Å². The molecule has 8 heteroatoms. The van der Waals surface area contributed by atoms with E-state index in [9.17, 15) is 14.4 Å². The van der Waals surface area contributed by atoms with Gasteiger partial charge in [0.1, 0.15) is 0 Å². The molecule has 3 aromatic carbocycles. The lowest BCUT2D eigenvalue weighted by Crippen LogP contribution is -2.52. The molecule has 0 aliphatic carbocycles. The van der Waals surface area contributed by atoms with Crippen LogP contribution in [0.5, 0.6) is 0 Å². The molecule has 5 rings (SSSR count). The highest BCUT2D eigenvalue weighted by atomic mass is 16.5. The number of methoxy groups -OCH3 is 1. The van der Waals surface area contributed by atoms with Gasteiger partial charge in [0.05, 0.1) is 29.6 Å². The Morgan fingerprint density at radius 2 is 1.66 bits per heavy atom. The van der Waals surface area contributed by atoms with Gasteiger partial charge in [-0.1, -0.05) is 36.4 Å². The molecule has 1 unspecified atom stereocenters. The summed E-state index contributed by atoms with van der Waals surface area (Å²) in [4.78, 5) is 42.4. The first-order valence-electron chi connectivity index (χ1n) is 12.6. The van der Waals surface area contributed by atoms with Crippen LogP contribution in [-0.4, -0.2) is 67.4 Å². The summed E-state index contributed by atoms with van der Waals surface area (Å²) in [5.74, 6) is -0.727. The van der Waals surface area contributed by atoms with E-state index >= 15 is 0 Å². The number of hydrogen-bond acceptors (Lipinski definition) is 6. The van der Waals surface area contributed by atoms with Crippen LogP contribution in [0.3, 0.4) is 0 Å². The zero-order valence-electron chi connectivity index (χ0n) is 21.7. The molecule has 1 fully saturated rings. The van der Waals surface area contributed by atoms with Crippen molar-refractivity contribution in [2.24, 2.45) is 0 Å². The van der Waals surface area contributed by atoms with E-state index in [1.54, 1.807) is 18.2 Å². The molecule has 1 atom stereocenters. The van der Waals surface area contributed by atoms with Gasteiger partial charge in [-0.3, -0.25) is 9.59 Å². The van der Waals surface area contributed by atoms with E-state index in [4.69, 9.17) is 4.74 Å². The van der Waals surface area contributed by atoms with Gasteiger partial charge in [0.25, 0.3) is 11.8 Å². The number of rotatable bonds is 5. The number of hydrogen-bond donors (Lipinski definition) is 2. The molecule has 8 nitrogen and oxygen atoms in total. The van der Waals surface area contributed by atoms with E-state index in [1.165, 1.54) is 7.11 Å². The van der Waals surface area contributed by atoms with Crippen molar-refractivity contribution < 1.29 is 19.1 Å². The van der Waals surface area contributed by atoms with Crippen LogP contribution in [0.4, 0.5) is 11.4 Å². The van der Waals surface area contributed by atoms with Crippen LogP contribution >= 0.6 is 0 Å². The Labute approximate surface area is 221 Å². The largest absolute Gasteiger partial charge is 0.465 e. The second-order valence-corrected chi connectivity index (χ2v) is 9.61. The molecule has 2 heterocycles. The van der Waals surface area contributed by atoms with Gasteiger partial charge in [-0.2, -0.15) is 0 Å². The smallest absolute Gasteiger partial charge is 0.337 e. The Morgan fingerprint density at radius 1 is 0.947 bits per heavy atom. The van der Waals surface area contributed by atoms with Gasteiger partial charge in [0.15, 0.2) is 0 Å². The topological polar surface area (TPSA) is 91.0 Å². The highest BCUT2D eigenvalue weighted by molar-refractivity contribution is 6.37. The summed E-state index contributed by atoms with van der Waals surface area (Å²) in [6.45, 7) is 4.38. The summed E-state index contributed by atoms with van der Waals surface area (Å²) in [5, 5.41) is 6.28. The monoisotopic (exact) mass is 510 g/mol. The Balaban J connectivity index is 1.46. The van der Waals surface area contributed by atoms with E-state index in [2.05, 4.69) is 29.5 Å². The van der Waals surface area contributed by atoms with E-state index in [1.807, 2.05) is 59.5 Å². The average Bonchev–Trinajstić information content (AvgIpc) is 3.27. The van der Waals surface area contributed by atoms with Crippen molar-refractivity contribution in [3.63, 3.8) is 0 Å². The van der Waals surface area contributed by atoms with Crippen molar-refractivity contribution in [3.05, 3.63) is 95.1 Å². The number of esters is 1. The highest BCUT2D eigenvalue weighted by Crippen LogP contribution is 2.38. The average molecular weight is 511 g/mol. The number of benzene rings is 3. The number of carbonyl (C=O) groups excluding carboxylic acids is 3. The lowest BCUT2D eigenvalue weighted by molar-refractivity contribution is -0.110. The van der Waals surface area contributed by atoms with Gasteiger partial charge in [-0.25, -0.2) is 4.79 Å². The molecule has 38 heavy (non-hydrogen) atoms. The normalized spacial score (nSPS) is 18.4. The number of likely N-dealkylation sites (N-methyl/N-ethyl adjacent to an activating group) is 1. The first-order valence-corrected chi connectivity index (χ1v) is 12.6. The summed E-state index contributed by atoms with van der Waals surface area (Å²) >= 11 is 0. The summed E-state index contributed by atoms with van der Waals surface area (Å²) in [6, 6.07) is 22.2. The molecular weight excluding hydrogens is 480 g/mol. The number of anilines is 2. The molecule has 0 saturated carbocycles. The first kappa shape index (κ1) is 25.2. The van der Waals surface area contributed by atoms with E-state index in [0.717, 1.165) is 17.8 Å². The first-order chi connectivity index (χ1) is 18.4. The predicted octanol–water partition coefficient (Wildman–Crippen LogP) is 4.18. The van der Waals surface area contributed by atoms with Crippen molar-refractivity contribution in [3.8, 4) is 0 Å². The summed E-state index contributed by atoms with van der Waals surface area (Å²) < 4.78 is 4.82. The molecule has 3 aromatic rings. The van der Waals surface area contributed by atoms with Crippen LogP contribution in [0.1, 0.15) is 38.8 Å². The molecule has 2 aliphatic rings. The number of ether oxygens (including phenoxy) is 1. The minimum Gasteiger partial charge on any atom is -0.465 e. The summed E-state index contributed by atoms with van der Waals surface area (Å²) in [6.07, 6.45) is 0. The maximum Gasteiger partial charge on any atom is 0.337 e. The maximum atomic E-state index is 13.2. The Bertz CT molecular complexity index is 1420. The van der Waals surface area contributed by atoms with Gasteiger partial charge < -0.3 is 25.2 Å². The molecule has 2 aliphatic heterocycles. The van der Waals surface area contributed by atoms with Crippen LogP contribution in [-0.2, 0) is 9.53 Å². The zero-order valence-corrected chi connectivity index (χ0v) is 21.7. The second-order valence-electron chi connectivity index (χ2n) is 9.61. The van der Waals surface area contributed by atoms with E-state index < -0.39 is 5.97 Å². The van der Waals surface area contributed by atoms with Gasteiger partial charge in [0, 0.05) is 42.5 Å². The summed E-state index contributed by atoms with van der Waals surface area (Å²) in [5.41, 5.74) is 4.88. The maximum absolute atomic E-state index is 13.2. The fraction of sp³-hybridized carbons (Fsp3) is 0.233. The van der Waals surface area contributed by atoms with Crippen LogP contribution in [0.2, 0.25) is 0 Å². The standard InChI is InChI=1S/C30H30N4O4/c1-19-18-34(16-15-33(19)2)29(36)21-9-12-23(13-10-21)31-27(20-7-5-4-6-8-20)26-24-14-11-22(30(37)38-3)17-25(24)32-28(26)35/h4-14,17,19,31H,15-16,18H2,1-3H3,(H,32,35)/b27-26-. The molecule has 0 radical (unpaired) electrons. The molecule has 0 bridgehead atoms. The van der Waals surface area contributed by atoms with Crippen LogP contribution in [0, 0.1) is 0 Å². The Kier molecular flexibility index (Phi) is 6.98. The van der Waals surface area contributed by atoms with Gasteiger partial charge >= 0.3 is 5.97 Å². The van der Waals surface area contributed by atoms with Crippen molar-refractivity contribution in [1.82, 2.24) is 9.80 Å². The van der Waals surface area contributed by atoms with E-state index in [-0.39, 0.29) is 11.8 Å². The highest BCUT2D eigenvalue weighted by Gasteiger charge is 2.30. The third-order valence-corrected chi connectivity index (χ3v) is 7.15.